The van der Waals surface area contributed by atoms with Gasteiger partial charge in [0, 0.05) is 36.7 Å². The first kappa shape index (κ1) is 19.9. The Morgan fingerprint density at radius 1 is 1.33 bits per heavy atom. The molecule has 0 bridgehead atoms. The normalized spacial score (nSPS) is 14.6. The Hall–Kier alpha value is -3.41. The first-order chi connectivity index (χ1) is 14.5. The predicted octanol–water partition coefficient (Wildman–Crippen LogP) is 4.51. The van der Waals surface area contributed by atoms with Gasteiger partial charge < -0.3 is 14.6 Å². The molecule has 2 aromatic heterocycles. The van der Waals surface area contributed by atoms with Gasteiger partial charge in [0.25, 0.3) is 0 Å². The molecule has 0 fully saturated rings. The van der Waals surface area contributed by atoms with Gasteiger partial charge in [0.1, 0.15) is 17.2 Å². The third-order valence-corrected chi connectivity index (χ3v) is 5.68. The van der Waals surface area contributed by atoms with Crippen molar-refractivity contribution in [1.29, 1.82) is 0 Å². The van der Waals surface area contributed by atoms with Gasteiger partial charge in [-0.3, -0.25) is 9.59 Å². The molecule has 3 heterocycles. The lowest BCUT2D eigenvalue weighted by atomic mass is 10.0. The van der Waals surface area contributed by atoms with E-state index in [1.165, 1.54) is 0 Å². The molecule has 1 N–H and O–H groups in total. The van der Waals surface area contributed by atoms with Crippen LogP contribution < -0.4 is 5.32 Å². The van der Waals surface area contributed by atoms with Crippen LogP contribution in [0.5, 0.6) is 0 Å². The second-order valence-electron chi connectivity index (χ2n) is 7.58. The van der Waals surface area contributed by atoms with Crippen molar-refractivity contribution in [2.24, 2.45) is 0 Å². The Bertz CT molecular complexity index is 1150. The smallest absolute Gasteiger partial charge is 0.246 e. The molecule has 1 aliphatic heterocycles. The lowest BCUT2D eigenvalue weighted by Crippen LogP contribution is -2.28. The summed E-state index contributed by atoms with van der Waals surface area (Å²) in [6.07, 6.45) is 6.92. The predicted molar refractivity (Wildman–Crippen MR) is 117 cm³/mol. The summed E-state index contributed by atoms with van der Waals surface area (Å²) in [5.41, 5.74) is 3.81. The monoisotopic (exact) mass is 403 g/mol. The molecule has 4 rings (SSSR count). The van der Waals surface area contributed by atoms with E-state index in [0.29, 0.717) is 18.7 Å². The summed E-state index contributed by atoms with van der Waals surface area (Å²) in [4.78, 5) is 30.2. The largest absolute Gasteiger partial charge is 0.459 e. The third-order valence-electron chi connectivity index (χ3n) is 5.68. The van der Waals surface area contributed by atoms with Crippen LogP contribution in [0.15, 0.2) is 47.0 Å². The lowest BCUT2D eigenvalue weighted by molar-refractivity contribution is -0.126. The number of nitrogens with one attached hydrogen (secondary N) is 1. The number of aromatic nitrogens is 1. The number of amides is 2. The number of likely N-dealkylation sites (N-methyl/N-ethyl adjacent to an activating group) is 1. The second kappa shape index (κ2) is 8.14. The molecule has 3 aromatic rings. The molecule has 1 atom stereocenters. The number of hydrogen-bond donors (Lipinski definition) is 1. The highest BCUT2D eigenvalue weighted by Crippen LogP contribution is 2.32. The van der Waals surface area contributed by atoms with Crippen molar-refractivity contribution in [3.05, 3.63) is 65.1 Å². The number of benzene rings is 1. The number of aryl methyl sites for hydroxylation is 2. The van der Waals surface area contributed by atoms with Gasteiger partial charge in [-0.1, -0.05) is 25.1 Å². The Kier molecular flexibility index (Phi) is 5.40. The molecule has 0 saturated heterocycles. The van der Waals surface area contributed by atoms with Crippen LogP contribution in [0.4, 0.5) is 5.82 Å². The van der Waals surface area contributed by atoms with E-state index in [4.69, 9.17) is 4.42 Å². The maximum absolute atomic E-state index is 12.8. The molecule has 6 heteroatoms. The van der Waals surface area contributed by atoms with Crippen LogP contribution in [0.25, 0.3) is 17.0 Å². The number of carbonyl (C=O) groups excluding carboxylic acids is 2. The number of para-hydroxylation sites is 1. The molecule has 0 spiro atoms. The van der Waals surface area contributed by atoms with Gasteiger partial charge in [0.15, 0.2) is 0 Å². The fourth-order valence-corrected chi connectivity index (χ4v) is 3.84. The van der Waals surface area contributed by atoms with E-state index in [9.17, 15) is 9.59 Å². The van der Waals surface area contributed by atoms with Crippen LogP contribution >= 0.6 is 0 Å². The second-order valence-corrected chi connectivity index (χ2v) is 7.58. The molecule has 0 aliphatic carbocycles. The molecule has 0 radical (unpaired) electrons. The Morgan fingerprint density at radius 3 is 2.93 bits per heavy atom. The zero-order valence-corrected chi connectivity index (χ0v) is 17.4. The van der Waals surface area contributed by atoms with Crippen LogP contribution in [0.1, 0.15) is 48.8 Å². The van der Waals surface area contributed by atoms with Crippen molar-refractivity contribution in [2.75, 3.05) is 12.4 Å². The number of hydrogen-bond acceptors (Lipinski definition) is 4. The Morgan fingerprint density at radius 2 is 2.13 bits per heavy atom. The number of pyridine rings is 1. The first-order valence-electron chi connectivity index (χ1n) is 10.2. The molecule has 1 aliphatic rings. The van der Waals surface area contributed by atoms with E-state index < -0.39 is 0 Å². The van der Waals surface area contributed by atoms with Crippen LogP contribution in [0.2, 0.25) is 0 Å². The van der Waals surface area contributed by atoms with Crippen LogP contribution in [0.3, 0.4) is 0 Å². The molecule has 30 heavy (non-hydrogen) atoms. The van der Waals surface area contributed by atoms with Crippen molar-refractivity contribution in [1.82, 2.24) is 9.88 Å². The van der Waals surface area contributed by atoms with Gasteiger partial charge in [-0.15, -0.1) is 0 Å². The summed E-state index contributed by atoms with van der Waals surface area (Å²) in [5.74, 6) is 1.31. The standard InChI is InChI=1S/C24H25N3O3/c1-4-18-19-7-5-6-8-20(19)30-23(18)15(2)27(3)22(29)12-9-16-13-17-10-11-21(28)26-24(17)25-14-16/h5-9,12-15H,4,10-11H2,1-3H3,(H,25,26,28)/b12-9+. The van der Waals surface area contributed by atoms with Gasteiger partial charge >= 0.3 is 0 Å². The highest BCUT2D eigenvalue weighted by molar-refractivity contribution is 5.94. The first-order valence-corrected chi connectivity index (χ1v) is 10.2. The van der Waals surface area contributed by atoms with Gasteiger partial charge in [-0.05, 0) is 49.1 Å². The summed E-state index contributed by atoms with van der Waals surface area (Å²) >= 11 is 0. The SMILES string of the molecule is CCc1c(C(C)N(C)C(=O)/C=C/c2cnc3c(c2)CCC(=O)N3)oc2ccccc12. The average Bonchev–Trinajstić information content (AvgIpc) is 3.15. The van der Waals surface area contributed by atoms with E-state index in [-0.39, 0.29) is 17.9 Å². The quantitative estimate of drug-likeness (QED) is 0.636. The fraction of sp³-hybridized carbons (Fsp3) is 0.292. The minimum absolute atomic E-state index is 0.0129. The Labute approximate surface area is 175 Å². The zero-order valence-electron chi connectivity index (χ0n) is 17.4. The average molecular weight is 403 g/mol. The molecular formula is C24H25N3O3. The van der Waals surface area contributed by atoms with Crippen LogP contribution in [-0.2, 0) is 22.4 Å². The van der Waals surface area contributed by atoms with E-state index in [1.54, 1.807) is 30.3 Å². The van der Waals surface area contributed by atoms with E-state index in [0.717, 1.165) is 39.8 Å². The lowest BCUT2D eigenvalue weighted by Gasteiger charge is -2.23. The summed E-state index contributed by atoms with van der Waals surface area (Å²) in [5, 5.41) is 3.87. The van der Waals surface area contributed by atoms with Crippen molar-refractivity contribution in [3.8, 4) is 0 Å². The molecule has 1 aromatic carbocycles. The highest BCUT2D eigenvalue weighted by atomic mass is 16.3. The van der Waals surface area contributed by atoms with Crippen LogP contribution in [-0.4, -0.2) is 28.7 Å². The molecule has 1 unspecified atom stereocenters. The van der Waals surface area contributed by atoms with Gasteiger partial charge in [0.2, 0.25) is 11.8 Å². The zero-order chi connectivity index (χ0) is 21.3. The molecule has 2 amide bonds. The number of furan rings is 1. The highest BCUT2D eigenvalue weighted by Gasteiger charge is 2.23. The number of nitrogens with zero attached hydrogens (tertiary/aromatic N) is 2. The number of carbonyl (C=O) groups is 2. The van der Waals surface area contributed by atoms with Gasteiger partial charge in [-0.2, -0.15) is 0 Å². The minimum Gasteiger partial charge on any atom is -0.459 e. The van der Waals surface area contributed by atoms with E-state index >= 15 is 0 Å². The summed E-state index contributed by atoms with van der Waals surface area (Å²) < 4.78 is 6.09. The van der Waals surface area contributed by atoms with E-state index in [1.807, 2.05) is 31.2 Å². The maximum Gasteiger partial charge on any atom is 0.246 e. The van der Waals surface area contributed by atoms with Crippen molar-refractivity contribution in [3.63, 3.8) is 0 Å². The van der Waals surface area contributed by atoms with Crippen molar-refractivity contribution in [2.45, 2.75) is 39.2 Å². The summed E-state index contributed by atoms with van der Waals surface area (Å²) in [6.45, 7) is 4.08. The van der Waals surface area contributed by atoms with Crippen molar-refractivity contribution < 1.29 is 14.0 Å². The topological polar surface area (TPSA) is 75.4 Å². The molecular weight excluding hydrogens is 378 g/mol. The summed E-state index contributed by atoms with van der Waals surface area (Å²) in [7, 11) is 1.78. The third kappa shape index (κ3) is 3.73. The van der Waals surface area contributed by atoms with E-state index in [2.05, 4.69) is 23.3 Å². The van der Waals surface area contributed by atoms with Crippen LogP contribution in [0, 0.1) is 0 Å². The molecule has 154 valence electrons. The number of rotatable bonds is 5. The Balaban J connectivity index is 1.52. The summed E-state index contributed by atoms with van der Waals surface area (Å²) in [6, 6.07) is 9.74. The number of fused-ring (bicyclic) bond motifs is 2. The maximum atomic E-state index is 12.8. The van der Waals surface area contributed by atoms with Gasteiger partial charge in [0.05, 0.1) is 6.04 Å². The van der Waals surface area contributed by atoms with Gasteiger partial charge in [-0.25, -0.2) is 4.98 Å². The number of anilines is 1. The minimum atomic E-state index is -0.193. The van der Waals surface area contributed by atoms with Crippen molar-refractivity contribution >= 4 is 34.7 Å². The molecule has 0 saturated carbocycles. The fourth-order valence-electron chi connectivity index (χ4n) is 3.84. The molecule has 6 nitrogen and oxygen atoms in total.